The first kappa shape index (κ1) is 16.9. The highest BCUT2D eigenvalue weighted by Gasteiger charge is 2.25. The molecule has 0 fully saturated rings. The number of hydrogen-bond donors (Lipinski definition) is 3. The Morgan fingerprint density at radius 1 is 1.40 bits per heavy atom. The Balaban J connectivity index is 3.21. The zero-order valence-corrected chi connectivity index (χ0v) is 12.6. The molecule has 0 unspecified atom stereocenters. The number of aromatic carboxylic acids is 1. The summed E-state index contributed by atoms with van der Waals surface area (Å²) >= 11 is 5.82. The van der Waals surface area contributed by atoms with Crippen molar-refractivity contribution in [1.29, 1.82) is 0 Å². The summed E-state index contributed by atoms with van der Waals surface area (Å²) < 4.78 is 26.7. The number of rotatable bonds is 6. The molecular formula is C12H16ClNO5S. The van der Waals surface area contributed by atoms with Gasteiger partial charge in [0.1, 0.15) is 4.90 Å². The zero-order valence-electron chi connectivity index (χ0n) is 11.0. The van der Waals surface area contributed by atoms with E-state index in [9.17, 15) is 13.2 Å². The van der Waals surface area contributed by atoms with Crippen LogP contribution in [0.5, 0.6) is 0 Å². The third-order valence-electron chi connectivity index (χ3n) is 2.78. The first-order valence-electron chi connectivity index (χ1n) is 5.85. The molecule has 8 heteroatoms. The fourth-order valence-electron chi connectivity index (χ4n) is 1.49. The van der Waals surface area contributed by atoms with E-state index in [1.54, 1.807) is 13.8 Å². The summed E-state index contributed by atoms with van der Waals surface area (Å²) in [5.41, 5.74) is -0.181. The first-order chi connectivity index (χ1) is 9.19. The second kappa shape index (κ2) is 6.53. The quantitative estimate of drug-likeness (QED) is 0.733. The summed E-state index contributed by atoms with van der Waals surface area (Å²) in [6.45, 7) is 3.13. The van der Waals surface area contributed by atoms with Gasteiger partial charge in [0.2, 0.25) is 10.0 Å². The summed E-state index contributed by atoms with van der Waals surface area (Å²) in [6.07, 6.45) is 0. The molecule has 0 spiro atoms. The molecule has 112 valence electrons. The number of sulfonamides is 1. The van der Waals surface area contributed by atoms with E-state index in [1.807, 2.05) is 0 Å². The van der Waals surface area contributed by atoms with E-state index in [-0.39, 0.29) is 28.0 Å². The Morgan fingerprint density at radius 2 is 2.00 bits per heavy atom. The Labute approximate surface area is 122 Å². The van der Waals surface area contributed by atoms with Gasteiger partial charge in [-0.3, -0.25) is 0 Å². The van der Waals surface area contributed by atoms with Crippen LogP contribution in [0.3, 0.4) is 0 Å². The minimum Gasteiger partial charge on any atom is -0.478 e. The van der Waals surface area contributed by atoms with Crippen LogP contribution in [0.2, 0.25) is 5.02 Å². The van der Waals surface area contributed by atoms with Gasteiger partial charge in [-0.05, 0) is 24.1 Å². The largest absolute Gasteiger partial charge is 0.478 e. The standard InChI is InChI=1S/C12H16ClNO5S/c1-7(2)10(6-15)14-20(18,19)11-5-8(12(16)17)3-4-9(11)13/h3-5,7,10,14-15H,6H2,1-2H3,(H,16,17)/t10-/m1/s1. The second-order valence-electron chi connectivity index (χ2n) is 4.60. The zero-order chi connectivity index (χ0) is 15.5. The third-order valence-corrected chi connectivity index (χ3v) is 4.75. The molecule has 0 aliphatic heterocycles. The maximum absolute atomic E-state index is 12.2. The van der Waals surface area contributed by atoms with Gasteiger partial charge >= 0.3 is 5.97 Å². The van der Waals surface area contributed by atoms with E-state index >= 15 is 0 Å². The molecule has 1 atom stereocenters. The van der Waals surface area contributed by atoms with Crippen molar-refractivity contribution in [2.24, 2.45) is 5.92 Å². The number of carboxylic acids is 1. The predicted octanol–water partition coefficient (Wildman–Crippen LogP) is 1.33. The molecule has 0 aromatic heterocycles. The number of halogens is 1. The van der Waals surface area contributed by atoms with Crippen LogP contribution in [0.4, 0.5) is 0 Å². The van der Waals surface area contributed by atoms with Gasteiger partial charge in [-0.15, -0.1) is 0 Å². The lowest BCUT2D eigenvalue weighted by Gasteiger charge is -2.20. The van der Waals surface area contributed by atoms with Gasteiger partial charge in [-0.1, -0.05) is 25.4 Å². The van der Waals surface area contributed by atoms with E-state index in [1.165, 1.54) is 12.1 Å². The molecule has 6 nitrogen and oxygen atoms in total. The van der Waals surface area contributed by atoms with Crippen LogP contribution in [0.25, 0.3) is 0 Å². The van der Waals surface area contributed by atoms with E-state index in [2.05, 4.69) is 4.72 Å². The summed E-state index contributed by atoms with van der Waals surface area (Å²) in [4.78, 5) is 10.6. The molecule has 1 aromatic carbocycles. The van der Waals surface area contributed by atoms with Crippen LogP contribution in [0, 0.1) is 5.92 Å². The molecule has 0 bridgehead atoms. The van der Waals surface area contributed by atoms with Gasteiger partial charge in [0.15, 0.2) is 0 Å². The molecule has 3 N–H and O–H groups in total. The molecule has 0 aliphatic rings. The summed E-state index contributed by atoms with van der Waals surface area (Å²) in [5, 5.41) is 18.0. The maximum atomic E-state index is 12.2. The van der Waals surface area contributed by atoms with Crippen molar-refractivity contribution < 1.29 is 23.4 Å². The van der Waals surface area contributed by atoms with Crippen LogP contribution in [0.15, 0.2) is 23.1 Å². The number of carbonyl (C=O) groups is 1. The van der Waals surface area contributed by atoms with Crippen molar-refractivity contribution in [3.63, 3.8) is 0 Å². The number of carboxylic acid groups (broad SMARTS) is 1. The van der Waals surface area contributed by atoms with Crippen molar-refractivity contribution in [2.75, 3.05) is 6.61 Å². The summed E-state index contributed by atoms with van der Waals surface area (Å²) in [6, 6.07) is 2.74. The Bertz CT molecular complexity index is 600. The highest BCUT2D eigenvalue weighted by atomic mass is 35.5. The minimum absolute atomic E-state index is 0.0806. The third kappa shape index (κ3) is 3.92. The SMILES string of the molecule is CC(C)[C@@H](CO)NS(=O)(=O)c1cc(C(=O)O)ccc1Cl. The van der Waals surface area contributed by atoms with Gasteiger partial charge in [0.05, 0.1) is 17.2 Å². The van der Waals surface area contributed by atoms with Crippen LogP contribution in [-0.4, -0.2) is 37.2 Å². The fourth-order valence-corrected chi connectivity index (χ4v) is 3.39. The molecule has 0 aliphatic carbocycles. The molecule has 0 radical (unpaired) electrons. The van der Waals surface area contributed by atoms with Crippen molar-refractivity contribution in [3.05, 3.63) is 28.8 Å². The highest BCUT2D eigenvalue weighted by Crippen LogP contribution is 2.23. The molecule has 0 saturated carbocycles. The lowest BCUT2D eigenvalue weighted by Crippen LogP contribution is -2.41. The van der Waals surface area contributed by atoms with Crippen molar-refractivity contribution >= 4 is 27.6 Å². The van der Waals surface area contributed by atoms with E-state index in [0.29, 0.717) is 0 Å². The Morgan fingerprint density at radius 3 is 2.45 bits per heavy atom. The molecular weight excluding hydrogens is 306 g/mol. The minimum atomic E-state index is -4.01. The van der Waals surface area contributed by atoms with Crippen LogP contribution >= 0.6 is 11.6 Å². The fraction of sp³-hybridized carbons (Fsp3) is 0.417. The molecule has 0 amide bonds. The maximum Gasteiger partial charge on any atom is 0.335 e. The van der Waals surface area contributed by atoms with Crippen molar-refractivity contribution in [1.82, 2.24) is 4.72 Å². The number of aliphatic hydroxyl groups is 1. The lowest BCUT2D eigenvalue weighted by atomic mass is 10.1. The van der Waals surface area contributed by atoms with Gasteiger partial charge in [0.25, 0.3) is 0 Å². The average molecular weight is 322 g/mol. The molecule has 20 heavy (non-hydrogen) atoms. The average Bonchev–Trinajstić information content (AvgIpc) is 2.35. The molecule has 1 aromatic rings. The van der Waals surface area contributed by atoms with E-state index in [0.717, 1.165) is 6.07 Å². The van der Waals surface area contributed by atoms with E-state index in [4.69, 9.17) is 21.8 Å². The highest BCUT2D eigenvalue weighted by molar-refractivity contribution is 7.89. The number of benzene rings is 1. The molecule has 0 heterocycles. The van der Waals surface area contributed by atoms with Crippen molar-refractivity contribution in [3.8, 4) is 0 Å². The lowest BCUT2D eigenvalue weighted by molar-refractivity contribution is 0.0696. The van der Waals surface area contributed by atoms with Crippen LogP contribution in [0.1, 0.15) is 24.2 Å². The summed E-state index contributed by atoms with van der Waals surface area (Å²) in [7, 11) is -4.01. The smallest absolute Gasteiger partial charge is 0.335 e. The van der Waals surface area contributed by atoms with E-state index < -0.39 is 22.0 Å². The topological polar surface area (TPSA) is 104 Å². The molecule has 1 rings (SSSR count). The normalized spacial score (nSPS) is 13.4. The second-order valence-corrected chi connectivity index (χ2v) is 6.69. The van der Waals surface area contributed by atoms with Crippen LogP contribution < -0.4 is 4.72 Å². The van der Waals surface area contributed by atoms with Crippen molar-refractivity contribution in [2.45, 2.75) is 24.8 Å². The Hall–Kier alpha value is -1.15. The predicted molar refractivity (Wildman–Crippen MR) is 74.4 cm³/mol. The van der Waals surface area contributed by atoms with Crippen LogP contribution in [-0.2, 0) is 10.0 Å². The number of nitrogens with one attached hydrogen (secondary N) is 1. The number of aliphatic hydroxyl groups excluding tert-OH is 1. The monoisotopic (exact) mass is 321 g/mol. The Kier molecular flexibility index (Phi) is 5.52. The van der Waals surface area contributed by atoms with Gasteiger partial charge in [-0.25, -0.2) is 17.9 Å². The summed E-state index contributed by atoms with van der Waals surface area (Å²) in [5.74, 6) is -1.38. The first-order valence-corrected chi connectivity index (χ1v) is 7.71. The van der Waals surface area contributed by atoms with Gasteiger partial charge in [0, 0.05) is 6.04 Å². The van der Waals surface area contributed by atoms with Gasteiger partial charge in [-0.2, -0.15) is 0 Å². The molecule has 0 saturated heterocycles. The van der Waals surface area contributed by atoms with Gasteiger partial charge < -0.3 is 10.2 Å². The number of hydrogen-bond acceptors (Lipinski definition) is 4.